The normalized spacial score (nSPS) is 19.5. The number of hydrogen-bond acceptors (Lipinski definition) is 3. The Balaban J connectivity index is 2.00. The molecule has 2 heterocycles. The van der Waals surface area contributed by atoms with Gasteiger partial charge in [-0.25, -0.2) is 9.29 Å². The number of halogens is 2. The fraction of sp³-hybridized carbons (Fsp3) is 0.286. The van der Waals surface area contributed by atoms with Gasteiger partial charge in [0, 0.05) is 13.1 Å². The second kappa shape index (κ2) is 4.90. The maximum absolute atomic E-state index is 13.8. The van der Waals surface area contributed by atoms with Gasteiger partial charge in [0.1, 0.15) is 16.5 Å². The molecule has 1 aromatic carbocycles. The number of nitrogens with zero attached hydrogens (tertiary/aromatic N) is 2. The Bertz CT molecular complexity index is 623. The van der Waals surface area contributed by atoms with Crippen LogP contribution >= 0.6 is 11.6 Å². The molecule has 0 atom stereocenters. The molecule has 0 radical (unpaired) electrons. The number of carbonyl (C=O) groups is 2. The average Bonchev–Trinajstić information content (AvgIpc) is 3.01. The number of imide groups is 1. The van der Waals surface area contributed by atoms with Crippen molar-refractivity contribution in [3.05, 3.63) is 40.8 Å². The molecule has 3 rings (SSSR count). The van der Waals surface area contributed by atoms with Crippen LogP contribution < -0.4 is 4.90 Å². The fourth-order valence-electron chi connectivity index (χ4n) is 2.56. The Morgan fingerprint density at radius 1 is 1.05 bits per heavy atom. The van der Waals surface area contributed by atoms with E-state index in [9.17, 15) is 14.0 Å². The number of rotatable bonds is 2. The summed E-state index contributed by atoms with van der Waals surface area (Å²) in [6, 6.07) is 5.67. The van der Waals surface area contributed by atoms with E-state index in [1.807, 2.05) is 0 Å². The Hall–Kier alpha value is -1.88. The molecule has 0 aromatic heterocycles. The number of anilines is 1. The molecular formula is C14H12ClFN2O2. The van der Waals surface area contributed by atoms with Crippen LogP contribution in [0.15, 0.2) is 35.0 Å². The van der Waals surface area contributed by atoms with Crippen LogP contribution in [0, 0.1) is 5.82 Å². The maximum atomic E-state index is 13.8. The Kier molecular flexibility index (Phi) is 3.22. The summed E-state index contributed by atoms with van der Waals surface area (Å²) >= 11 is 6.00. The number of benzene rings is 1. The highest BCUT2D eigenvalue weighted by atomic mass is 35.5. The molecule has 0 aliphatic carbocycles. The second-order valence-corrected chi connectivity index (χ2v) is 5.13. The minimum absolute atomic E-state index is 0.0603. The summed E-state index contributed by atoms with van der Waals surface area (Å²) in [5.41, 5.74) is 0.132. The quantitative estimate of drug-likeness (QED) is 0.786. The SMILES string of the molecule is O=C1C(Cl)=C(N2CCCC2)C(=O)N1c1ccccc1F. The molecule has 2 aliphatic rings. The monoisotopic (exact) mass is 294 g/mol. The molecule has 2 amide bonds. The van der Waals surface area contributed by atoms with Crippen LogP contribution in [-0.4, -0.2) is 29.8 Å². The molecule has 0 saturated carbocycles. The van der Waals surface area contributed by atoms with Crippen molar-refractivity contribution in [3.8, 4) is 0 Å². The van der Waals surface area contributed by atoms with Gasteiger partial charge >= 0.3 is 0 Å². The average molecular weight is 295 g/mol. The lowest BCUT2D eigenvalue weighted by Crippen LogP contribution is -2.35. The third-order valence-corrected chi connectivity index (χ3v) is 3.86. The third kappa shape index (κ3) is 1.89. The molecular weight excluding hydrogens is 283 g/mol. The number of carbonyl (C=O) groups excluding carboxylic acids is 2. The van der Waals surface area contributed by atoms with Crippen LogP contribution in [0.2, 0.25) is 0 Å². The van der Waals surface area contributed by atoms with Gasteiger partial charge in [0.25, 0.3) is 11.8 Å². The summed E-state index contributed by atoms with van der Waals surface area (Å²) in [7, 11) is 0. The molecule has 0 unspecified atom stereocenters. The molecule has 6 heteroatoms. The highest BCUT2D eigenvalue weighted by Crippen LogP contribution is 2.33. The van der Waals surface area contributed by atoms with Gasteiger partial charge in [-0.15, -0.1) is 0 Å². The maximum Gasteiger partial charge on any atom is 0.283 e. The van der Waals surface area contributed by atoms with Crippen molar-refractivity contribution in [1.82, 2.24) is 4.90 Å². The number of para-hydroxylation sites is 1. The van der Waals surface area contributed by atoms with Crippen LogP contribution in [-0.2, 0) is 9.59 Å². The van der Waals surface area contributed by atoms with Crippen molar-refractivity contribution in [3.63, 3.8) is 0 Å². The topological polar surface area (TPSA) is 40.6 Å². The minimum Gasteiger partial charge on any atom is -0.366 e. The molecule has 1 fully saturated rings. The predicted molar refractivity (Wildman–Crippen MR) is 72.6 cm³/mol. The molecule has 0 N–H and O–H groups in total. The zero-order valence-corrected chi connectivity index (χ0v) is 11.4. The lowest BCUT2D eigenvalue weighted by molar-refractivity contribution is -0.121. The van der Waals surface area contributed by atoms with Crippen LogP contribution in [0.4, 0.5) is 10.1 Å². The highest BCUT2D eigenvalue weighted by molar-refractivity contribution is 6.52. The van der Waals surface area contributed by atoms with Crippen molar-refractivity contribution >= 4 is 29.1 Å². The zero-order valence-electron chi connectivity index (χ0n) is 10.6. The summed E-state index contributed by atoms with van der Waals surface area (Å²) < 4.78 is 13.8. The van der Waals surface area contributed by atoms with Gasteiger partial charge in [-0.3, -0.25) is 9.59 Å². The number of likely N-dealkylation sites (tertiary alicyclic amines) is 1. The first kappa shape index (κ1) is 13.1. The van der Waals surface area contributed by atoms with E-state index in [-0.39, 0.29) is 16.4 Å². The third-order valence-electron chi connectivity index (χ3n) is 3.52. The van der Waals surface area contributed by atoms with Gasteiger partial charge in [0.2, 0.25) is 0 Å². The summed E-state index contributed by atoms with van der Waals surface area (Å²) in [5, 5.41) is -0.125. The van der Waals surface area contributed by atoms with E-state index in [2.05, 4.69) is 0 Å². The number of amides is 2. The second-order valence-electron chi connectivity index (χ2n) is 4.75. The van der Waals surface area contributed by atoms with Gasteiger partial charge in [0.05, 0.1) is 5.69 Å². The Morgan fingerprint density at radius 3 is 2.35 bits per heavy atom. The smallest absolute Gasteiger partial charge is 0.283 e. The summed E-state index contributed by atoms with van der Waals surface area (Å²) in [4.78, 5) is 27.2. The standard InChI is InChI=1S/C14H12ClFN2O2/c15-11-12(17-7-3-4-8-17)14(20)18(13(11)19)10-6-2-1-5-9(10)16/h1-2,5-6H,3-4,7-8H2. The van der Waals surface area contributed by atoms with E-state index in [4.69, 9.17) is 11.6 Å². The molecule has 0 bridgehead atoms. The Labute approximate surface area is 120 Å². The van der Waals surface area contributed by atoms with Gasteiger partial charge < -0.3 is 4.90 Å². The van der Waals surface area contributed by atoms with Crippen molar-refractivity contribution in [2.24, 2.45) is 0 Å². The van der Waals surface area contributed by atoms with E-state index in [0.717, 1.165) is 17.7 Å². The van der Waals surface area contributed by atoms with Crippen LogP contribution in [0.3, 0.4) is 0 Å². The molecule has 104 valence electrons. The van der Waals surface area contributed by atoms with E-state index in [0.29, 0.717) is 13.1 Å². The van der Waals surface area contributed by atoms with Gasteiger partial charge in [-0.05, 0) is 25.0 Å². The highest BCUT2D eigenvalue weighted by Gasteiger charge is 2.42. The molecule has 4 nitrogen and oxygen atoms in total. The van der Waals surface area contributed by atoms with Crippen LogP contribution in [0.1, 0.15) is 12.8 Å². The zero-order chi connectivity index (χ0) is 14.3. The van der Waals surface area contributed by atoms with Crippen molar-refractivity contribution in [2.75, 3.05) is 18.0 Å². The van der Waals surface area contributed by atoms with E-state index >= 15 is 0 Å². The van der Waals surface area contributed by atoms with Crippen molar-refractivity contribution in [1.29, 1.82) is 0 Å². The molecule has 2 aliphatic heterocycles. The Morgan fingerprint density at radius 2 is 1.70 bits per heavy atom. The largest absolute Gasteiger partial charge is 0.366 e. The van der Waals surface area contributed by atoms with Gasteiger partial charge in [0.15, 0.2) is 0 Å². The first-order valence-corrected chi connectivity index (χ1v) is 6.77. The fourth-order valence-corrected chi connectivity index (χ4v) is 2.84. The first-order chi connectivity index (χ1) is 9.61. The van der Waals surface area contributed by atoms with E-state index in [1.54, 1.807) is 11.0 Å². The van der Waals surface area contributed by atoms with Crippen molar-refractivity contribution < 1.29 is 14.0 Å². The number of hydrogen-bond donors (Lipinski definition) is 0. The molecule has 20 heavy (non-hydrogen) atoms. The molecule has 1 saturated heterocycles. The van der Waals surface area contributed by atoms with Gasteiger partial charge in [-0.1, -0.05) is 23.7 Å². The summed E-state index contributed by atoms with van der Waals surface area (Å²) in [6.07, 6.45) is 1.91. The minimum atomic E-state index is -0.663. The summed E-state index contributed by atoms with van der Waals surface area (Å²) in [5.74, 6) is -1.84. The molecule has 0 spiro atoms. The first-order valence-electron chi connectivity index (χ1n) is 6.39. The van der Waals surface area contributed by atoms with Crippen LogP contribution in [0.5, 0.6) is 0 Å². The predicted octanol–water partition coefficient (Wildman–Crippen LogP) is 2.25. The van der Waals surface area contributed by atoms with E-state index in [1.165, 1.54) is 18.2 Å². The van der Waals surface area contributed by atoms with Gasteiger partial charge in [-0.2, -0.15) is 0 Å². The lowest BCUT2D eigenvalue weighted by Gasteiger charge is -2.20. The van der Waals surface area contributed by atoms with Crippen molar-refractivity contribution in [2.45, 2.75) is 12.8 Å². The molecule has 1 aromatic rings. The van der Waals surface area contributed by atoms with E-state index < -0.39 is 17.6 Å². The summed E-state index contributed by atoms with van der Waals surface area (Å²) in [6.45, 7) is 1.38. The van der Waals surface area contributed by atoms with Crippen LogP contribution in [0.25, 0.3) is 0 Å². The lowest BCUT2D eigenvalue weighted by atomic mass is 10.2.